The molecule has 0 bridgehead atoms. The third-order valence-electron chi connectivity index (χ3n) is 2.81. The highest BCUT2D eigenvalue weighted by atomic mass is 35.5. The van der Waals surface area contributed by atoms with Crippen LogP contribution in [0.3, 0.4) is 0 Å². The average Bonchev–Trinajstić information content (AvgIpc) is 2.98. The number of rotatable bonds is 3. The molecule has 0 saturated carbocycles. The molecule has 0 aliphatic heterocycles. The molecule has 0 fully saturated rings. The van der Waals surface area contributed by atoms with Crippen LogP contribution in [-0.4, -0.2) is 8.94 Å². The van der Waals surface area contributed by atoms with E-state index in [2.05, 4.69) is 17.1 Å². The van der Waals surface area contributed by atoms with Gasteiger partial charge >= 0.3 is 0 Å². The minimum Gasteiger partial charge on any atom is -0.268 e. The number of allylic oxidation sites excluding steroid dienone is 6. The van der Waals surface area contributed by atoms with E-state index in [-0.39, 0.29) is 5.56 Å². The maximum atomic E-state index is 11.6. The Hall–Kier alpha value is -1.43. The zero-order valence-corrected chi connectivity index (χ0v) is 14.8. The number of hydrogen-bond donors (Lipinski definition) is 0. The van der Waals surface area contributed by atoms with E-state index in [0.29, 0.717) is 10.9 Å². The molecule has 3 rings (SSSR count). The number of aromatic nitrogens is 2. The van der Waals surface area contributed by atoms with Gasteiger partial charge in [0.15, 0.2) is 0 Å². The molecule has 3 nitrogen and oxygen atoms in total. The molecule has 6 heteroatoms. The standard InChI is InChI=1S/C14H11ClN2OS2.C2H6/c15-12-7-13(18)17(20-12)8-11-9-19-14(16-11)10-5-3-1-2-4-6-10;1-2/h1-5,7,9H,6,8H2;1-2H3. The van der Waals surface area contributed by atoms with Crippen LogP contribution in [0.2, 0.25) is 4.34 Å². The Balaban J connectivity index is 0.000000847. The zero-order chi connectivity index (χ0) is 15.9. The molecule has 0 saturated heterocycles. The van der Waals surface area contributed by atoms with Crippen molar-refractivity contribution < 1.29 is 0 Å². The molecule has 0 radical (unpaired) electrons. The lowest BCUT2D eigenvalue weighted by Gasteiger charge is -1.98. The molecule has 0 N–H and O–H groups in total. The van der Waals surface area contributed by atoms with Crippen LogP contribution in [-0.2, 0) is 6.54 Å². The molecule has 0 atom stereocenters. The summed E-state index contributed by atoms with van der Waals surface area (Å²) >= 11 is 8.69. The van der Waals surface area contributed by atoms with Crippen LogP contribution >= 0.6 is 34.5 Å². The second kappa shape index (κ2) is 8.27. The van der Waals surface area contributed by atoms with Crippen molar-refractivity contribution in [3.63, 3.8) is 0 Å². The first-order valence-electron chi connectivity index (χ1n) is 7.06. The SMILES string of the molecule is CC.O=c1cc(Cl)sn1Cc1csc(C2=CC=CC=CC2)n1. The van der Waals surface area contributed by atoms with Gasteiger partial charge in [0.25, 0.3) is 5.56 Å². The second-order valence-corrected chi connectivity index (χ2v) is 6.82. The summed E-state index contributed by atoms with van der Waals surface area (Å²) in [6.07, 6.45) is 11.1. The first-order valence-corrected chi connectivity index (χ1v) is 9.09. The van der Waals surface area contributed by atoms with Gasteiger partial charge in [-0.1, -0.05) is 55.8 Å². The molecule has 0 aromatic carbocycles. The first kappa shape index (κ1) is 16.9. The highest BCUT2D eigenvalue weighted by Gasteiger charge is 2.09. The third kappa shape index (κ3) is 4.29. The fourth-order valence-electron chi connectivity index (χ4n) is 1.87. The van der Waals surface area contributed by atoms with Crippen molar-refractivity contribution >= 4 is 40.0 Å². The Kier molecular flexibility index (Phi) is 6.36. The Morgan fingerprint density at radius 2 is 2.14 bits per heavy atom. The normalized spacial score (nSPS) is 13.3. The van der Waals surface area contributed by atoms with Crippen LogP contribution < -0.4 is 5.56 Å². The summed E-state index contributed by atoms with van der Waals surface area (Å²) < 4.78 is 2.12. The summed E-state index contributed by atoms with van der Waals surface area (Å²) in [5, 5.41) is 3.00. The van der Waals surface area contributed by atoms with Gasteiger partial charge in [-0.05, 0) is 23.5 Å². The first-order chi connectivity index (χ1) is 10.7. The Morgan fingerprint density at radius 3 is 2.86 bits per heavy atom. The summed E-state index contributed by atoms with van der Waals surface area (Å²) in [7, 11) is 0. The smallest absolute Gasteiger partial charge is 0.262 e. The van der Waals surface area contributed by atoms with Gasteiger partial charge in [-0.2, -0.15) is 0 Å². The summed E-state index contributed by atoms with van der Waals surface area (Å²) in [5.41, 5.74) is 2.01. The summed E-state index contributed by atoms with van der Waals surface area (Å²) in [6.45, 7) is 4.48. The van der Waals surface area contributed by atoms with Crippen molar-refractivity contribution in [3.8, 4) is 0 Å². The lowest BCUT2D eigenvalue weighted by Crippen LogP contribution is -2.12. The highest BCUT2D eigenvalue weighted by Crippen LogP contribution is 2.25. The second-order valence-electron chi connectivity index (χ2n) is 4.27. The quantitative estimate of drug-likeness (QED) is 0.779. The molecule has 0 unspecified atom stereocenters. The van der Waals surface area contributed by atoms with E-state index >= 15 is 0 Å². The van der Waals surface area contributed by atoms with E-state index in [1.165, 1.54) is 23.2 Å². The van der Waals surface area contributed by atoms with Crippen LogP contribution in [0.15, 0.2) is 46.6 Å². The topological polar surface area (TPSA) is 34.9 Å². The largest absolute Gasteiger partial charge is 0.268 e. The minimum absolute atomic E-state index is 0.0749. The molecule has 22 heavy (non-hydrogen) atoms. The molecular weight excluding hydrogens is 336 g/mol. The molecule has 2 heterocycles. The predicted octanol–water partition coefficient (Wildman–Crippen LogP) is 4.99. The van der Waals surface area contributed by atoms with Crippen LogP contribution in [0.5, 0.6) is 0 Å². The van der Waals surface area contributed by atoms with E-state index in [0.717, 1.165) is 17.1 Å². The molecule has 1 aliphatic rings. The van der Waals surface area contributed by atoms with Crippen LogP contribution in [0.1, 0.15) is 31.0 Å². The Labute approximate surface area is 143 Å². The molecular formula is C16H17ClN2OS2. The Bertz CT molecular complexity index is 765. The molecule has 2 aromatic rings. The van der Waals surface area contributed by atoms with Crippen LogP contribution in [0.25, 0.3) is 5.57 Å². The van der Waals surface area contributed by atoms with Crippen molar-refractivity contribution in [2.45, 2.75) is 26.8 Å². The molecule has 0 spiro atoms. The minimum atomic E-state index is -0.0749. The number of hydrogen-bond acceptors (Lipinski definition) is 4. The van der Waals surface area contributed by atoms with Gasteiger partial charge in [0.05, 0.1) is 12.2 Å². The number of thiazole rings is 1. The monoisotopic (exact) mass is 352 g/mol. The highest BCUT2D eigenvalue weighted by molar-refractivity contribution is 7.11. The van der Waals surface area contributed by atoms with E-state index < -0.39 is 0 Å². The fourth-order valence-corrected chi connectivity index (χ4v) is 3.76. The molecule has 1 aliphatic carbocycles. The van der Waals surface area contributed by atoms with Crippen LogP contribution in [0, 0.1) is 0 Å². The van der Waals surface area contributed by atoms with E-state index in [4.69, 9.17) is 11.6 Å². The van der Waals surface area contributed by atoms with Crippen molar-refractivity contribution in [1.82, 2.24) is 8.94 Å². The van der Waals surface area contributed by atoms with E-state index in [9.17, 15) is 4.79 Å². The van der Waals surface area contributed by atoms with E-state index in [1.807, 2.05) is 37.5 Å². The van der Waals surface area contributed by atoms with Gasteiger partial charge in [-0.3, -0.25) is 8.75 Å². The van der Waals surface area contributed by atoms with Gasteiger partial charge < -0.3 is 0 Å². The van der Waals surface area contributed by atoms with Crippen molar-refractivity contribution in [3.05, 3.63) is 67.2 Å². The maximum Gasteiger partial charge on any atom is 0.262 e. The summed E-state index contributed by atoms with van der Waals surface area (Å²) in [6, 6.07) is 1.43. The molecule has 2 aromatic heterocycles. The van der Waals surface area contributed by atoms with Gasteiger partial charge in [0, 0.05) is 11.4 Å². The maximum absolute atomic E-state index is 11.6. The zero-order valence-electron chi connectivity index (χ0n) is 12.5. The average molecular weight is 353 g/mol. The summed E-state index contributed by atoms with van der Waals surface area (Å²) in [5.74, 6) is 0. The van der Waals surface area contributed by atoms with Gasteiger partial charge in [-0.15, -0.1) is 11.3 Å². The summed E-state index contributed by atoms with van der Waals surface area (Å²) in [4.78, 5) is 16.2. The van der Waals surface area contributed by atoms with Crippen molar-refractivity contribution in [1.29, 1.82) is 0 Å². The van der Waals surface area contributed by atoms with Gasteiger partial charge in [-0.25, -0.2) is 4.98 Å². The third-order valence-corrected chi connectivity index (χ3v) is 4.91. The molecule has 116 valence electrons. The Morgan fingerprint density at radius 1 is 1.32 bits per heavy atom. The molecule has 0 amide bonds. The lowest BCUT2D eigenvalue weighted by molar-refractivity contribution is 0.825. The fraction of sp³-hybridized carbons (Fsp3) is 0.250. The van der Waals surface area contributed by atoms with E-state index in [1.54, 1.807) is 15.3 Å². The van der Waals surface area contributed by atoms with Gasteiger partial charge in [0.1, 0.15) is 9.34 Å². The lowest BCUT2D eigenvalue weighted by atomic mass is 10.2. The van der Waals surface area contributed by atoms with Gasteiger partial charge in [0.2, 0.25) is 0 Å². The number of halogens is 1. The van der Waals surface area contributed by atoms with Crippen molar-refractivity contribution in [2.24, 2.45) is 0 Å². The van der Waals surface area contributed by atoms with Crippen LogP contribution in [0.4, 0.5) is 0 Å². The predicted molar refractivity (Wildman–Crippen MR) is 97.0 cm³/mol. The van der Waals surface area contributed by atoms with Crippen molar-refractivity contribution in [2.75, 3.05) is 0 Å². The number of nitrogens with zero attached hydrogens (tertiary/aromatic N) is 2.